The molecular formula is C32H38FN5O. The van der Waals surface area contributed by atoms with Crippen molar-refractivity contribution in [2.75, 3.05) is 44.2 Å². The van der Waals surface area contributed by atoms with Crippen molar-refractivity contribution in [3.05, 3.63) is 60.4 Å². The summed E-state index contributed by atoms with van der Waals surface area (Å²) in [6, 6.07) is 19.1. The Morgan fingerprint density at radius 2 is 1.72 bits per heavy atom. The number of ether oxygens (including phenoxy) is 1. The summed E-state index contributed by atoms with van der Waals surface area (Å²) in [5, 5.41) is 6.53. The van der Waals surface area contributed by atoms with Crippen molar-refractivity contribution < 1.29 is 9.13 Å². The second-order valence-electron chi connectivity index (χ2n) is 10.9. The molecule has 3 heterocycles. The van der Waals surface area contributed by atoms with Crippen molar-refractivity contribution in [3.8, 4) is 17.1 Å². The number of hydrogen-bond acceptors (Lipinski definition) is 6. The summed E-state index contributed by atoms with van der Waals surface area (Å²) in [6.07, 6.45) is 4.34. The predicted octanol–water partition coefficient (Wildman–Crippen LogP) is 6.03. The summed E-state index contributed by atoms with van der Waals surface area (Å²) in [7, 11) is 0. The number of rotatable bonds is 10. The van der Waals surface area contributed by atoms with E-state index in [0.29, 0.717) is 29.8 Å². The van der Waals surface area contributed by atoms with Gasteiger partial charge in [-0.1, -0.05) is 62.4 Å². The van der Waals surface area contributed by atoms with Crippen LogP contribution in [0.15, 0.2) is 54.6 Å². The highest BCUT2D eigenvalue weighted by Crippen LogP contribution is 2.37. The fourth-order valence-corrected chi connectivity index (χ4v) is 6.27. The summed E-state index contributed by atoms with van der Waals surface area (Å²) in [5.74, 6) is 0.452. The van der Waals surface area contributed by atoms with Gasteiger partial charge in [-0.25, -0.2) is 4.39 Å². The van der Waals surface area contributed by atoms with Gasteiger partial charge in [-0.15, -0.1) is 0 Å². The van der Waals surface area contributed by atoms with Gasteiger partial charge in [0.05, 0.1) is 6.61 Å². The minimum absolute atomic E-state index is 0.260. The molecule has 39 heavy (non-hydrogen) atoms. The molecule has 2 aliphatic heterocycles. The van der Waals surface area contributed by atoms with Gasteiger partial charge < -0.3 is 19.9 Å². The molecule has 6 nitrogen and oxygen atoms in total. The third-order valence-corrected chi connectivity index (χ3v) is 8.20. The van der Waals surface area contributed by atoms with Crippen LogP contribution in [0.3, 0.4) is 0 Å². The van der Waals surface area contributed by atoms with Crippen molar-refractivity contribution in [1.29, 1.82) is 0 Å². The summed E-state index contributed by atoms with van der Waals surface area (Å²) < 4.78 is 22.5. The fraction of sp³-hybridized carbons (Fsp3) is 0.438. The minimum Gasteiger partial charge on any atom is -0.463 e. The Morgan fingerprint density at radius 3 is 2.51 bits per heavy atom. The molecule has 7 heteroatoms. The summed E-state index contributed by atoms with van der Waals surface area (Å²) in [6.45, 7) is 9.68. The molecule has 1 aromatic heterocycles. The van der Waals surface area contributed by atoms with E-state index in [0.717, 1.165) is 73.1 Å². The van der Waals surface area contributed by atoms with Crippen molar-refractivity contribution in [3.63, 3.8) is 0 Å². The highest BCUT2D eigenvalue weighted by atomic mass is 19.1. The molecule has 204 valence electrons. The Bertz CT molecular complexity index is 1440. The zero-order valence-corrected chi connectivity index (χ0v) is 23.0. The average Bonchev–Trinajstić information content (AvgIpc) is 3.31. The van der Waals surface area contributed by atoms with Crippen LogP contribution in [0.5, 0.6) is 6.01 Å². The van der Waals surface area contributed by atoms with Gasteiger partial charge in [-0.3, -0.25) is 0 Å². The topological polar surface area (TPSA) is 53.5 Å². The van der Waals surface area contributed by atoms with Crippen LogP contribution in [-0.2, 0) is 0 Å². The molecule has 2 unspecified atom stereocenters. The SMILES string of the molecule is CCCN(CC)CCCOc1nc(N2CC3CCC(C2)N3)c2ccc(-c3cccc4ccccc34)c(F)c2n1. The van der Waals surface area contributed by atoms with Crippen LogP contribution in [0.1, 0.15) is 39.5 Å². The predicted molar refractivity (Wildman–Crippen MR) is 157 cm³/mol. The molecule has 2 atom stereocenters. The average molecular weight is 528 g/mol. The second-order valence-corrected chi connectivity index (χ2v) is 10.9. The number of fused-ring (bicyclic) bond motifs is 4. The molecule has 0 spiro atoms. The van der Waals surface area contributed by atoms with Crippen LogP contribution in [0.2, 0.25) is 0 Å². The molecule has 0 amide bonds. The maximum Gasteiger partial charge on any atom is 0.319 e. The standard InChI is InChI=1S/C32H38FN5O/c1-3-17-37(4-2)18-8-19-39-32-35-30-28(31(36-32)38-20-23-13-14-24(21-38)34-23)16-15-27(29(30)33)26-12-7-10-22-9-5-6-11-25(22)26/h5-7,9-12,15-16,23-24,34H,3-4,8,13-14,17-21H2,1-2H3. The lowest BCUT2D eigenvalue weighted by Gasteiger charge is -2.34. The van der Waals surface area contributed by atoms with Crippen LogP contribution in [0.25, 0.3) is 32.8 Å². The Balaban J connectivity index is 1.37. The number of piperazine rings is 1. The van der Waals surface area contributed by atoms with E-state index in [9.17, 15) is 0 Å². The molecule has 4 aromatic rings. The van der Waals surface area contributed by atoms with Crippen molar-refractivity contribution in [2.45, 2.75) is 51.6 Å². The van der Waals surface area contributed by atoms with E-state index in [2.05, 4.69) is 46.1 Å². The van der Waals surface area contributed by atoms with Crippen molar-refractivity contribution >= 4 is 27.5 Å². The Morgan fingerprint density at radius 1 is 0.923 bits per heavy atom. The zero-order valence-electron chi connectivity index (χ0n) is 23.0. The highest BCUT2D eigenvalue weighted by molar-refractivity contribution is 6.00. The van der Waals surface area contributed by atoms with E-state index in [4.69, 9.17) is 9.72 Å². The van der Waals surface area contributed by atoms with Gasteiger partial charge >= 0.3 is 6.01 Å². The lowest BCUT2D eigenvalue weighted by atomic mass is 9.97. The molecule has 0 saturated carbocycles. The molecule has 2 bridgehead atoms. The van der Waals surface area contributed by atoms with Crippen LogP contribution >= 0.6 is 0 Å². The van der Waals surface area contributed by atoms with E-state index in [1.807, 2.05) is 42.5 Å². The normalized spacial score (nSPS) is 18.9. The molecule has 3 aromatic carbocycles. The maximum atomic E-state index is 16.4. The van der Waals surface area contributed by atoms with Gasteiger partial charge in [0.15, 0.2) is 5.82 Å². The first kappa shape index (κ1) is 26.0. The number of nitrogens with zero attached hydrogens (tertiary/aromatic N) is 4. The van der Waals surface area contributed by atoms with Gasteiger partial charge in [-0.05, 0) is 61.2 Å². The highest BCUT2D eigenvalue weighted by Gasteiger charge is 2.34. The molecule has 2 aliphatic rings. The lowest BCUT2D eigenvalue weighted by Crippen LogP contribution is -2.51. The molecule has 2 saturated heterocycles. The van der Waals surface area contributed by atoms with Crippen LogP contribution in [-0.4, -0.2) is 66.3 Å². The first-order chi connectivity index (χ1) is 19.1. The van der Waals surface area contributed by atoms with E-state index in [1.54, 1.807) is 0 Å². The first-order valence-electron chi connectivity index (χ1n) is 14.5. The minimum atomic E-state index is -0.324. The van der Waals surface area contributed by atoms with Gasteiger partial charge in [0.1, 0.15) is 11.3 Å². The van der Waals surface area contributed by atoms with Gasteiger partial charge in [0, 0.05) is 42.7 Å². The van der Waals surface area contributed by atoms with E-state index in [-0.39, 0.29) is 11.8 Å². The fourth-order valence-electron chi connectivity index (χ4n) is 6.27. The molecule has 0 aliphatic carbocycles. The van der Waals surface area contributed by atoms with E-state index in [1.165, 1.54) is 12.8 Å². The number of anilines is 1. The van der Waals surface area contributed by atoms with Crippen molar-refractivity contribution in [1.82, 2.24) is 20.2 Å². The second kappa shape index (κ2) is 11.4. The van der Waals surface area contributed by atoms with Gasteiger partial charge in [0.2, 0.25) is 0 Å². The summed E-state index contributed by atoms with van der Waals surface area (Å²) in [5.41, 5.74) is 1.74. The third kappa shape index (κ3) is 5.30. The monoisotopic (exact) mass is 527 g/mol. The number of nitrogens with one attached hydrogen (secondary N) is 1. The maximum absolute atomic E-state index is 16.4. The molecule has 2 fully saturated rings. The number of hydrogen-bond donors (Lipinski definition) is 1. The van der Waals surface area contributed by atoms with Crippen LogP contribution in [0, 0.1) is 5.82 Å². The van der Waals surface area contributed by atoms with Crippen LogP contribution < -0.4 is 15.0 Å². The Kier molecular flexibility index (Phi) is 7.62. The van der Waals surface area contributed by atoms with Gasteiger partial charge in [-0.2, -0.15) is 9.97 Å². The van der Waals surface area contributed by atoms with Gasteiger partial charge in [0.25, 0.3) is 0 Å². The first-order valence-corrected chi connectivity index (χ1v) is 14.5. The van der Waals surface area contributed by atoms with Crippen LogP contribution in [0.4, 0.5) is 10.2 Å². The number of benzene rings is 3. The number of halogens is 1. The van der Waals surface area contributed by atoms with Crippen molar-refractivity contribution in [2.24, 2.45) is 0 Å². The third-order valence-electron chi connectivity index (χ3n) is 8.20. The van der Waals surface area contributed by atoms with E-state index < -0.39 is 0 Å². The summed E-state index contributed by atoms with van der Waals surface area (Å²) in [4.78, 5) is 14.2. The molecule has 6 rings (SSSR count). The summed E-state index contributed by atoms with van der Waals surface area (Å²) >= 11 is 0. The quantitative estimate of drug-likeness (QED) is 0.254. The molecule has 0 radical (unpaired) electrons. The zero-order chi connectivity index (χ0) is 26.8. The lowest BCUT2D eigenvalue weighted by molar-refractivity contribution is 0.233. The molecular weight excluding hydrogens is 489 g/mol. The largest absolute Gasteiger partial charge is 0.463 e. The van der Waals surface area contributed by atoms with E-state index >= 15 is 4.39 Å². The Hall–Kier alpha value is -3.29. The number of aromatic nitrogens is 2. The molecule has 1 N–H and O–H groups in total. The smallest absolute Gasteiger partial charge is 0.319 e. The Labute approximate surface area is 230 Å².